The zero-order chi connectivity index (χ0) is 44.3. The van der Waals surface area contributed by atoms with Gasteiger partial charge >= 0.3 is 0 Å². The van der Waals surface area contributed by atoms with E-state index in [4.69, 9.17) is 0 Å². The zero-order valence-corrected chi connectivity index (χ0v) is 38.2. The van der Waals surface area contributed by atoms with Gasteiger partial charge in [-0.1, -0.05) is 213 Å². The Hall–Kier alpha value is -7.52. The Kier molecular flexibility index (Phi) is 9.76. The van der Waals surface area contributed by atoms with E-state index in [1.54, 1.807) is 0 Å². The normalized spacial score (nSPS) is 14.3. The third kappa shape index (κ3) is 6.34. The number of anilines is 3. The van der Waals surface area contributed by atoms with Crippen molar-refractivity contribution in [2.24, 2.45) is 0 Å². The third-order valence-corrected chi connectivity index (χ3v) is 16.1. The van der Waals surface area contributed by atoms with Gasteiger partial charge in [0.2, 0.25) is 0 Å². The number of hydrogen-bond donors (Lipinski definition) is 0. The van der Waals surface area contributed by atoms with Crippen LogP contribution in [0.25, 0.3) is 64.3 Å². The van der Waals surface area contributed by atoms with Crippen LogP contribution < -0.4 is 4.90 Å². The zero-order valence-electron chi connectivity index (χ0n) is 37.4. The number of hydrogen-bond acceptors (Lipinski definition) is 2. The van der Waals surface area contributed by atoms with Crippen LogP contribution in [0.2, 0.25) is 0 Å². The highest BCUT2D eigenvalue weighted by Crippen LogP contribution is 2.58. The Bertz CT molecular complexity index is 3590. The van der Waals surface area contributed by atoms with Crippen molar-refractivity contribution in [2.45, 2.75) is 43.4 Å². The van der Waals surface area contributed by atoms with Crippen molar-refractivity contribution in [2.75, 3.05) is 4.90 Å². The maximum absolute atomic E-state index is 2.59. The molecule has 0 saturated heterocycles. The molecule has 0 aliphatic heterocycles. The Balaban J connectivity index is 1.12. The van der Waals surface area contributed by atoms with Gasteiger partial charge in [0, 0.05) is 37.0 Å². The summed E-state index contributed by atoms with van der Waals surface area (Å²) in [4.78, 5) is 2.59. The van der Waals surface area contributed by atoms with Crippen LogP contribution >= 0.6 is 11.3 Å². The molecular weight excluding hydrogens is 827 g/mol. The minimum atomic E-state index is -0.541. The van der Waals surface area contributed by atoms with E-state index in [0.717, 1.165) is 17.1 Å². The molecule has 1 nitrogen and oxygen atoms in total. The monoisotopic (exact) mass is 875 g/mol. The summed E-state index contributed by atoms with van der Waals surface area (Å²) >= 11 is 1.88. The van der Waals surface area contributed by atoms with Gasteiger partial charge in [-0.3, -0.25) is 0 Å². The second-order valence-electron chi connectivity index (χ2n) is 18.5. The summed E-state index contributed by atoms with van der Waals surface area (Å²) in [6, 6.07) is 86.8. The maximum atomic E-state index is 2.59. The minimum absolute atomic E-state index is 0.541. The molecule has 0 amide bonds. The molecule has 2 heteroatoms. The van der Waals surface area contributed by atoms with Gasteiger partial charge in [0.1, 0.15) is 0 Å². The van der Waals surface area contributed by atoms with Gasteiger partial charge in [-0.25, -0.2) is 0 Å². The highest BCUT2D eigenvalue weighted by atomic mass is 32.1. The number of fused-ring (bicyclic) bond motifs is 7. The average molecular weight is 876 g/mol. The van der Waals surface area contributed by atoms with Crippen molar-refractivity contribution in [3.8, 4) is 33.4 Å². The number of rotatable bonds is 8. The highest BCUT2D eigenvalue weighted by Gasteiger charge is 2.46. The standard InChI is InChI=1S/C65H49NS/c1-4-21-44(22-5-1)49-33-18-23-45-24-19-34-54(63(45)49)52-30-11-15-37-59(52)66(60-38-16-12-31-53(60)55-35-20-40-62-64(55)56-32-13-17-39-61(56)67-62)48-41-42-51-50-29-10-14-36-57(50)65(58(51)43-48,46-25-6-2-7-26-46)47-27-8-3-9-28-47/h2-3,6-20,23-44H,1,4-5,21-22H2. The van der Waals surface area contributed by atoms with Crippen molar-refractivity contribution in [3.63, 3.8) is 0 Å². The summed E-state index contributed by atoms with van der Waals surface area (Å²) in [7, 11) is 0. The summed E-state index contributed by atoms with van der Waals surface area (Å²) < 4.78 is 2.61. The van der Waals surface area contributed by atoms with E-state index in [9.17, 15) is 0 Å². The van der Waals surface area contributed by atoms with E-state index < -0.39 is 5.41 Å². The Labute approximate surface area is 397 Å². The van der Waals surface area contributed by atoms with Crippen molar-refractivity contribution < 1.29 is 0 Å². The fraction of sp³-hybridized carbons (Fsp3) is 0.108. The molecule has 2 aliphatic carbocycles. The summed E-state index contributed by atoms with van der Waals surface area (Å²) in [5, 5.41) is 5.32. The van der Waals surface area contributed by atoms with Gasteiger partial charge in [0.25, 0.3) is 0 Å². The molecule has 0 unspecified atom stereocenters. The molecule has 0 atom stereocenters. The molecule has 10 aromatic carbocycles. The summed E-state index contributed by atoms with van der Waals surface area (Å²) in [5.74, 6) is 0.561. The molecule has 1 fully saturated rings. The molecule has 1 aromatic heterocycles. The van der Waals surface area contributed by atoms with Crippen LogP contribution in [-0.4, -0.2) is 0 Å². The van der Waals surface area contributed by atoms with Crippen LogP contribution in [-0.2, 0) is 5.41 Å². The number of nitrogens with zero attached hydrogens (tertiary/aromatic N) is 1. The van der Waals surface area contributed by atoms with E-state index in [1.807, 2.05) is 11.3 Å². The molecule has 0 N–H and O–H groups in total. The molecule has 2 aliphatic rings. The van der Waals surface area contributed by atoms with Crippen LogP contribution in [0.5, 0.6) is 0 Å². The molecule has 1 saturated carbocycles. The lowest BCUT2D eigenvalue weighted by Crippen LogP contribution is -2.28. The Morgan fingerprint density at radius 2 is 0.925 bits per heavy atom. The molecule has 67 heavy (non-hydrogen) atoms. The molecule has 1 heterocycles. The van der Waals surface area contributed by atoms with Gasteiger partial charge in [-0.15, -0.1) is 11.3 Å². The Morgan fingerprint density at radius 1 is 0.388 bits per heavy atom. The summed E-state index contributed by atoms with van der Waals surface area (Å²) in [5.41, 5.74) is 17.0. The summed E-state index contributed by atoms with van der Waals surface area (Å²) in [6.07, 6.45) is 6.43. The van der Waals surface area contributed by atoms with Crippen LogP contribution in [0.1, 0.15) is 65.8 Å². The SMILES string of the molecule is c1ccc(C2(c3ccccc3)c3ccccc3-c3ccc(N(c4ccccc4-c4cccc5cccc(C6CCCCC6)c45)c4ccccc4-c4cccc5sc6ccccc6c45)cc32)cc1. The van der Waals surface area contributed by atoms with E-state index in [0.29, 0.717) is 5.92 Å². The molecule has 320 valence electrons. The molecule has 0 spiro atoms. The molecule has 13 rings (SSSR count). The number of benzene rings is 10. The third-order valence-electron chi connectivity index (χ3n) is 15.0. The molecular formula is C65H49NS. The first-order valence-corrected chi connectivity index (χ1v) is 24.9. The van der Waals surface area contributed by atoms with E-state index in [-0.39, 0.29) is 0 Å². The maximum Gasteiger partial charge on any atom is 0.0714 e. The van der Waals surface area contributed by atoms with Crippen LogP contribution in [0.3, 0.4) is 0 Å². The first-order chi connectivity index (χ1) is 33.3. The summed E-state index contributed by atoms with van der Waals surface area (Å²) in [6.45, 7) is 0. The van der Waals surface area contributed by atoms with E-state index in [1.165, 1.54) is 124 Å². The minimum Gasteiger partial charge on any atom is -0.309 e. The molecule has 0 bridgehead atoms. The largest absolute Gasteiger partial charge is 0.309 e. The van der Waals surface area contributed by atoms with Gasteiger partial charge < -0.3 is 4.90 Å². The van der Waals surface area contributed by atoms with Gasteiger partial charge in [0.05, 0.1) is 16.8 Å². The van der Waals surface area contributed by atoms with Crippen molar-refractivity contribution in [1.29, 1.82) is 0 Å². The van der Waals surface area contributed by atoms with Crippen LogP contribution in [0, 0.1) is 0 Å². The average Bonchev–Trinajstić information content (AvgIpc) is 3.93. The first-order valence-electron chi connectivity index (χ1n) is 24.0. The van der Waals surface area contributed by atoms with Gasteiger partial charge in [-0.05, 0) is 116 Å². The quantitative estimate of drug-likeness (QED) is 0.147. The van der Waals surface area contributed by atoms with Crippen molar-refractivity contribution >= 4 is 59.3 Å². The first kappa shape index (κ1) is 39.8. The fourth-order valence-corrected chi connectivity index (χ4v) is 13.3. The lowest BCUT2D eigenvalue weighted by molar-refractivity contribution is 0.445. The smallest absolute Gasteiger partial charge is 0.0714 e. The van der Waals surface area contributed by atoms with E-state index >= 15 is 0 Å². The van der Waals surface area contributed by atoms with Crippen LogP contribution in [0.15, 0.2) is 231 Å². The lowest BCUT2D eigenvalue weighted by atomic mass is 9.67. The van der Waals surface area contributed by atoms with Gasteiger partial charge in [0.15, 0.2) is 0 Å². The second-order valence-corrected chi connectivity index (χ2v) is 19.6. The predicted octanol–water partition coefficient (Wildman–Crippen LogP) is 18.4. The molecule has 0 radical (unpaired) electrons. The second kappa shape index (κ2) is 16.4. The van der Waals surface area contributed by atoms with Gasteiger partial charge in [-0.2, -0.15) is 0 Å². The van der Waals surface area contributed by atoms with E-state index in [2.05, 4.69) is 235 Å². The predicted molar refractivity (Wildman–Crippen MR) is 286 cm³/mol. The topological polar surface area (TPSA) is 3.24 Å². The van der Waals surface area contributed by atoms with Crippen LogP contribution in [0.4, 0.5) is 17.1 Å². The molecule has 11 aromatic rings. The number of thiophene rings is 1. The highest BCUT2D eigenvalue weighted by molar-refractivity contribution is 7.25. The van der Waals surface area contributed by atoms with Crippen molar-refractivity contribution in [3.05, 3.63) is 258 Å². The Morgan fingerprint density at radius 3 is 1.64 bits per heavy atom. The fourth-order valence-electron chi connectivity index (χ4n) is 12.1. The lowest BCUT2D eigenvalue weighted by Gasteiger charge is -2.35. The van der Waals surface area contributed by atoms with Crippen molar-refractivity contribution in [1.82, 2.24) is 0 Å². The number of para-hydroxylation sites is 2.